The van der Waals surface area contributed by atoms with E-state index in [2.05, 4.69) is 19.9 Å². The highest BCUT2D eigenvalue weighted by molar-refractivity contribution is 6.17. The smallest absolute Gasteiger partial charge is 0.340 e. The molecule has 0 fully saturated rings. The minimum absolute atomic E-state index is 0.0888. The van der Waals surface area contributed by atoms with Crippen LogP contribution in [-0.2, 0) is 11.6 Å². The number of aromatic nitrogens is 4. The summed E-state index contributed by atoms with van der Waals surface area (Å²) in [6, 6.07) is 3.76. The summed E-state index contributed by atoms with van der Waals surface area (Å²) < 4.78 is 53.6. The monoisotopic (exact) mass is 442 g/mol. The molecule has 0 aliphatic rings. The zero-order valence-corrected chi connectivity index (χ0v) is 17.0. The van der Waals surface area contributed by atoms with Gasteiger partial charge >= 0.3 is 6.18 Å². The molecule has 1 atom stereocenters. The van der Waals surface area contributed by atoms with Gasteiger partial charge in [-0.25, -0.2) is 14.4 Å². The first-order valence-electron chi connectivity index (χ1n) is 9.11. The molecule has 0 bridgehead atoms. The van der Waals surface area contributed by atoms with Crippen molar-refractivity contribution >= 4 is 11.6 Å². The maximum atomic E-state index is 14.8. The highest BCUT2D eigenvalue weighted by Gasteiger charge is 2.36. The van der Waals surface area contributed by atoms with Crippen LogP contribution in [0.3, 0.4) is 0 Å². The lowest BCUT2D eigenvalue weighted by atomic mass is 9.75. The summed E-state index contributed by atoms with van der Waals surface area (Å²) in [6.45, 7) is 3.33. The Morgan fingerprint density at radius 3 is 2.50 bits per heavy atom. The van der Waals surface area contributed by atoms with E-state index in [1.54, 1.807) is 13.8 Å². The van der Waals surface area contributed by atoms with Gasteiger partial charge in [0.05, 0.1) is 5.56 Å². The molecule has 0 amide bonds. The molecule has 2 heterocycles. The van der Waals surface area contributed by atoms with Gasteiger partial charge in [-0.15, -0.1) is 11.6 Å². The van der Waals surface area contributed by atoms with Crippen molar-refractivity contribution < 1.29 is 17.6 Å². The standard InChI is InChI=1S/C20H19ClF4N4O/c1-11-27-15(9-17(30)28-11)18-26-10-16(29-18)19(2,6-3-7-21)13-5-4-12(8-14(13)22)20(23,24)25/h4-5,8-10H,3,6-7H2,1-2H3,(H,26,29)(H,27,28,30). The molecular weight excluding hydrogens is 424 g/mol. The van der Waals surface area contributed by atoms with E-state index in [9.17, 15) is 22.4 Å². The lowest BCUT2D eigenvalue weighted by molar-refractivity contribution is -0.137. The predicted octanol–water partition coefficient (Wildman–Crippen LogP) is 4.95. The Kier molecular flexibility index (Phi) is 6.03. The second-order valence-electron chi connectivity index (χ2n) is 7.18. The van der Waals surface area contributed by atoms with Crippen molar-refractivity contribution in [2.45, 2.75) is 38.3 Å². The molecule has 0 spiro atoms. The Bertz CT molecular complexity index is 1110. The molecule has 1 unspecified atom stereocenters. The third kappa shape index (κ3) is 4.40. The van der Waals surface area contributed by atoms with Crippen molar-refractivity contribution in [3.8, 4) is 11.5 Å². The molecule has 3 rings (SSSR count). The van der Waals surface area contributed by atoms with Gasteiger partial charge in [0.1, 0.15) is 17.3 Å². The van der Waals surface area contributed by atoms with Crippen LogP contribution in [0, 0.1) is 12.7 Å². The maximum Gasteiger partial charge on any atom is 0.416 e. The van der Waals surface area contributed by atoms with Gasteiger partial charge in [-0.2, -0.15) is 13.2 Å². The Labute approximate surface area is 174 Å². The van der Waals surface area contributed by atoms with Crippen LogP contribution in [0.15, 0.2) is 35.3 Å². The van der Waals surface area contributed by atoms with Crippen LogP contribution in [0.5, 0.6) is 0 Å². The highest BCUT2D eigenvalue weighted by atomic mass is 35.5. The number of nitrogens with zero attached hydrogens (tertiary/aromatic N) is 2. The van der Waals surface area contributed by atoms with Crippen LogP contribution >= 0.6 is 11.6 Å². The van der Waals surface area contributed by atoms with Gasteiger partial charge < -0.3 is 9.97 Å². The summed E-state index contributed by atoms with van der Waals surface area (Å²) in [6.07, 6.45) is -2.31. The lowest BCUT2D eigenvalue weighted by Gasteiger charge is -2.30. The number of benzene rings is 1. The number of halogens is 5. The van der Waals surface area contributed by atoms with Crippen molar-refractivity contribution in [3.63, 3.8) is 0 Å². The minimum atomic E-state index is -4.64. The Morgan fingerprint density at radius 1 is 1.17 bits per heavy atom. The number of nitrogens with one attached hydrogen (secondary N) is 2. The van der Waals surface area contributed by atoms with Crippen LogP contribution < -0.4 is 5.56 Å². The average molecular weight is 443 g/mol. The molecule has 2 aromatic heterocycles. The van der Waals surface area contributed by atoms with E-state index in [4.69, 9.17) is 11.6 Å². The van der Waals surface area contributed by atoms with E-state index in [1.807, 2.05) is 0 Å². The summed E-state index contributed by atoms with van der Waals surface area (Å²) in [7, 11) is 0. The zero-order valence-electron chi connectivity index (χ0n) is 16.2. The summed E-state index contributed by atoms with van der Waals surface area (Å²) in [4.78, 5) is 25.8. The fraction of sp³-hybridized carbons (Fsp3) is 0.350. The molecule has 5 nitrogen and oxygen atoms in total. The third-order valence-corrected chi connectivity index (χ3v) is 5.24. The molecule has 0 aliphatic heterocycles. The topological polar surface area (TPSA) is 74.4 Å². The molecule has 1 aromatic carbocycles. The third-order valence-electron chi connectivity index (χ3n) is 4.97. The van der Waals surface area contributed by atoms with E-state index >= 15 is 0 Å². The second-order valence-corrected chi connectivity index (χ2v) is 7.56. The molecule has 0 saturated carbocycles. The van der Waals surface area contributed by atoms with E-state index in [-0.39, 0.29) is 11.1 Å². The number of H-pyrrole nitrogens is 2. The van der Waals surface area contributed by atoms with Crippen molar-refractivity contribution in [1.29, 1.82) is 0 Å². The molecule has 0 aliphatic carbocycles. The number of imidazole rings is 1. The van der Waals surface area contributed by atoms with E-state index in [1.165, 1.54) is 12.3 Å². The van der Waals surface area contributed by atoms with E-state index in [0.29, 0.717) is 47.8 Å². The minimum Gasteiger partial charge on any atom is -0.340 e. The maximum absolute atomic E-state index is 14.8. The van der Waals surface area contributed by atoms with E-state index in [0.717, 1.165) is 12.1 Å². The van der Waals surface area contributed by atoms with E-state index < -0.39 is 23.0 Å². The molecule has 160 valence electrons. The van der Waals surface area contributed by atoms with Gasteiger partial charge in [-0.3, -0.25) is 4.79 Å². The number of hydrogen-bond donors (Lipinski definition) is 2. The Hall–Kier alpha value is -2.68. The number of alkyl halides is 4. The van der Waals surface area contributed by atoms with Crippen LogP contribution in [0.4, 0.5) is 17.6 Å². The first-order valence-corrected chi connectivity index (χ1v) is 9.65. The Balaban J connectivity index is 2.08. The average Bonchev–Trinajstić information content (AvgIpc) is 3.15. The summed E-state index contributed by atoms with van der Waals surface area (Å²) in [5.41, 5.74) is -1.57. The number of aryl methyl sites for hydroxylation is 1. The van der Waals surface area contributed by atoms with Gasteiger partial charge in [0.25, 0.3) is 5.56 Å². The second kappa shape index (κ2) is 8.22. The predicted molar refractivity (Wildman–Crippen MR) is 105 cm³/mol. The summed E-state index contributed by atoms with van der Waals surface area (Å²) >= 11 is 5.83. The molecule has 2 N–H and O–H groups in total. The van der Waals surface area contributed by atoms with Gasteiger partial charge in [0.15, 0.2) is 5.82 Å². The van der Waals surface area contributed by atoms with Crippen LogP contribution in [0.25, 0.3) is 11.5 Å². The molecule has 30 heavy (non-hydrogen) atoms. The zero-order chi connectivity index (χ0) is 22.1. The molecule has 0 saturated heterocycles. The number of rotatable bonds is 6. The summed E-state index contributed by atoms with van der Waals surface area (Å²) in [5, 5.41) is 0. The number of hydrogen-bond acceptors (Lipinski definition) is 3. The van der Waals surface area contributed by atoms with Gasteiger partial charge in [-0.05, 0) is 44.4 Å². The van der Waals surface area contributed by atoms with Crippen molar-refractivity contribution in [2.75, 3.05) is 5.88 Å². The normalized spacial score (nSPS) is 14.0. The summed E-state index contributed by atoms with van der Waals surface area (Å²) in [5.74, 6) is 0.0223. The first kappa shape index (κ1) is 22.0. The van der Waals surface area contributed by atoms with Crippen LogP contribution in [0.2, 0.25) is 0 Å². The molecule has 0 radical (unpaired) electrons. The number of aromatic amines is 2. The van der Waals surface area contributed by atoms with Crippen molar-refractivity contribution in [3.05, 3.63) is 69.3 Å². The fourth-order valence-electron chi connectivity index (χ4n) is 3.41. The fourth-order valence-corrected chi connectivity index (χ4v) is 3.54. The molecule has 3 aromatic rings. The van der Waals surface area contributed by atoms with Crippen molar-refractivity contribution in [2.24, 2.45) is 0 Å². The highest BCUT2D eigenvalue weighted by Crippen LogP contribution is 2.39. The molecule has 10 heteroatoms. The SMILES string of the molecule is Cc1nc(-c2ncc(C(C)(CCCCl)c3ccc(C(F)(F)F)cc3F)[nH]2)cc(=O)[nH]1. The van der Waals surface area contributed by atoms with Crippen molar-refractivity contribution in [1.82, 2.24) is 19.9 Å². The first-order chi connectivity index (χ1) is 14.0. The Morgan fingerprint density at radius 2 is 1.90 bits per heavy atom. The van der Waals surface area contributed by atoms with Crippen LogP contribution in [-0.4, -0.2) is 25.8 Å². The van der Waals surface area contributed by atoms with Gasteiger partial charge in [-0.1, -0.05) is 6.07 Å². The van der Waals surface area contributed by atoms with Gasteiger partial charge in [0.2, 0.25) is 0 Å². The largest absolute Gasteiger partial charge is 0.416 e. The molecular formula is C20H19ClF4N4O. The lowest BCUT2D eigenvalue weighted by Crippen LogP contribution is -2.26. The van der Waals surface area contributed by atoms with Gasteiger partial charge in [0, 0.05) is 29.3 Å². The quantitative estimate of drug-likeness (QED) is 0.419. The van der Waals surface area contributed by atoms with Crippen LogP contribution in [0.1, 0.15) is 42.4 Å².